The van der Waals surface area contributed by atoms with Gasteiger partial charge in [0.15, 0.2) is 5.82 Å². The number of aryl methyl sites for hydroxylation is 1. The molecule has 0 saturated carbocycles. The predicted octanol–water partition coefficient (Wildman–Crippen LogP) is 3.81. The van der Waals surface area contributed by atoms with Gasteiger partial charge < -0.3 is 5.73 Å². The number of aromatic amines is 1. The van der Waals surface area contributed by atoms with Crippen molar-refractivity contribution in [1.29, 1.82) is 0 Å². The first-order chi connectivity index (χ1) is 12.0. The molecule has 126 valence electrons. The third kappa shape index (κ3) is 4.14. The Bertz CT molecular complexity index is 929. The van der Waals surface area contributed by atoms with Crippen molar-refractivity contribution < 1.29 is 4.79 Å². The Balaban J connectivity index is 1.89. The van der Waals surface area contributed by atoms with Crippen molar-refractivity contribution in [2.24, 2.45) is 10.7 Å². The van der Waals surface area contributed by atoms with Crippen molar-refractivity contribution >= 4 is 29.5 Å². The van der Waals surface area contributed by atoms with E-state index in [9.17, 15) is 4.79 Å². The highest BCUT2D eigenvalue weighted by Gasteiger charge is 2.18. The van der Waals surface area contributed by atoms with Crippen molar-refractivity contribution in [3.63, 3.8) is 0 Å². The number of aromatic nitrogens is 2. The van der Waals surface area contributed by atoms with Crippen molar-refractivity contribution in [3.05, 3.63) is 81.5 Å². The van der Waals surface area contributed by atoms with E-state index in [1.165, 1.54) is 5.56 Å². The molecule has 6 heteroatoms. The zero-order valence-corrected chi connectivity index (χ0v) is 14.4. The third-order valence-corrected chi connectivity index (χ3v) is 3.99. The van der Waals surface area contributed by atoms with Gasteiger partial charge in [0.25, 0.3) is 5.91 Å². The summed E-state index contributed by atoms with van der Waals surface area (Å²) in [6.45, 7) is 2.02. The summed E-state index contributed by atoms with van der Waals surface area (Å²) < 4.78 is 0. The van der Waals surface area contributed by atoms with E-state index in [2.05, 4.69) is 15.2 Å². The molecular formula is C19H17ClN4O. The van der Waals surface area contributed by atoms with Crippen LogP contribution in [0, 0.1) is 6.92 Å². The number of carbonyl (C=O) groups is 1. The van der Waals surface area contributed by atoms with Gasteiger partial charge in [0.05, 0.1) is 5.69 Å². The Labute approximate surface area is 150 Å². The molecule has 0 atom stereocenters. The minimum Gasteiger partial charge on any atom is -0.365 e. The SMILES string of the molecule is Cc1ccc(C=Nc2n[nH]c(Cc3cccc(Cl)c3)c2C(N)=O)cc1. The van der Waals surface area contributed by atoms with Crippen molar-refractivity contribution in [1.82, 2.24) is 10.2 Å². The summed E-state index contributed by atoms with van der Waals surface area (Å²) in [5, 5.41) is 7.63. The van der Waals surface area contributed by atoms with Crippen LogP contribution >= 0.6 is 11.6 Å². The van der Waals surface area contributed by atoms with Crippen molar-refractivity contribution in [2.45, 2.75) is 13.3 Å². The zero-order chi connectivity index (χ0) is 17.8. The van der Waals surface area contributed by atoms with Gasteiger partial charge in [-0.15, -0.1) is 0 Å². The molecule has 1 amide bonds. The fourth-order valence-electron chi connectivity index (χ4n) is 2.49. The quantitative estimate of drug-likeness (QED) is 0.684. The second kappa shape index (κ2) is 7.32. The van der Waals surface area contributed by atoms with Crippen molar-refractivity contribution in [3.8, 4) is 0 Å². The van der Waals surface area contributed by atoms with Crippen LogP contribution in [0.1, 0.15) is 32.7 Å². The molecule has 25 heavy (non-hydrogen) atoms. The van der Waals surface area contributed by atoms with Crippen LogP contribution in [0.5, 0.6) is 0 Å². The van der Waals surface area contributed by atoms with Crippen LogP contribution in [0.3, 0.4) is 0 Å². The average molecular weight is 353 g/mol. The lowest BCUT2D eigenvalue weighted by atomic mass is 10.1. The summed E-state index contributed by atoms with van der Waals surface area (Å²) in [6.07, 6.45) is 2.12. The molecule has 0 spiro atoms. The number of aliphatic imine (C=N–C) groups is 1. The fourth-order valence-corrected chi connectivity index (χ4v) is 2.70. The molecule has 0 bridgehead atoms. The summed E-state index contributed by atoms with van der Waals surface area (Å²) in [6, 6.07) is 15.3. The molecule has 0 fully saturated rings. The Hall–Kier alpha value is -2.92. The summed E-state index contributed by atoms with van der Waals surface area (Å²) in [4.78, 5) is 16.2. The fraction of sp³-hybridized carbons (Fsp3) is 0.105. The maximum absolute atomic E-state index is 11.9. The third-order valence-electron chi connectivity index (χ3n) is 3.75. The Kier molecular flexibility index (Phi) is 4.95. The van der Waals surface area contributed by atoms with Gasteiger partial charge in [0, 0.05) is 17.7 Å². The molecule has 1 aromatic heterocycles. The van der Waals surface area contributed by atoms with E-state index in [-0.39, 0.29) is 5.82 Å². The summed E-state index contributed by atoms with van der Waals surface area (Å²) in [7, 11) is 0. The maximum Gasteiger partial charge on any atom is 0.254 e. The van der Waals surface area contributed by atoms with Gasteiger partial charge in [-0.25, -0.2) is 4.99 Å². The first kappa shape index (κ1) is 16.9. The molecule has 3 rings (SSSR count). The first-order valence-corrected chi connectivity index (χ1v) is 8.13. The summed E-state index contributed by atoms with van der Waals surface area (Å²) >= 11 is 6.01. The number of benzene rings is 2. The molecule has 5 nitrogen and oxygen atoms in total. The van der Waals surface area contributed by atoms with Crippen LogP contribution < -0.4 is 5.73 Å². The lowest BCUT2D eigenvalue weighted by Gasteiger charge is -2.02. The molecule has 2 aromatic carbocycles. The number of primary amides is 1. The molecule has 1 heterocycles. The molecule has 0 aliphatic carbocycles. The highest BCUT2D eigenvalue weighted by Crippen LogP contribution is 2.22. The van der Waals surface area contributed by atoms with E-state index >= 15 is 0 Å². The number of halogens is 1. The van der Waals surface area contributed by atoms with E-state index in [4.69, 9.17) is 17.3 Å². The lowest BCUT2D eigenvalue weighted by molar-refractivity contribution is 0.100. The molecule has 0 saturated heterocycles. The van der Waals surface area contributed by atoms with E-state index in [1.54, 1.807) is 12.3 Å². The molecule has 0 unspecified atom stereocenters. The van der Waals surface area contributed by atoms with Crippen LogP contribution in [0.2, 0.25) is 5.02 Å². The number of nitrogens with one attached hydrogen (secondary N) is 1. The number of nitrogens with zero attached hydrogens (tertiary/aromatic N) is 2. The van der Waals surface area contributed by atoms with Crippen LogP contribution in [0.15, 0.2) is 53.5 Å². The first-order valence-electron chi connectivity index (χ1n) is 7.75. The largest absolute Gasteiger partial charge is 0.365 e. The van der Waals surface area contributed by atoms with Crippen LogP contribution in [-0.4, -0.2) is 22.3 Å². The normalized spacial score (nSPS) is 11.1. The summed E-state index contributed by atoms with van der Waals surface area (Å²) in [5.41, 5.74) is 9.48. The van der Waals surface area contributed by atoms with E-state index in [0.717, 1.165) is 11.1 Å². The van der Waals surface area contributed by atoms with Gasteiger partial charge in [-0.2, -0.15) is 5.10 Å². The van der Waals surface area contributed by atoms with E-state index < -0.39 is 5.91 Å². The van der Waals surface area contributed by atoms with Gasteiger partial charge in [-0.1, -0.05) is 53.6 Å². The number of carbonyl (C=O) groups excluding carboxylic acids is 1. The second-order valence-electron chi connectivity index (χ2n) is 5.74. The lowest BCUT2D eigenvalue weighted by Crippen LogP contribution is -2.13. The van der Waals surface area contributed by atoms with Gasteiger partial charge in [-0.05, 0) is 30.2 Å². The zero-order valence-electron chi connectivity index (χ0n) is 13.7. The minimum atomic E-state index is -0.568. The average Bonchev–Trinajstić information content (AvgIpc) is 2.97. The van der Waals surface area contributed by atoms with Crippen molar-refractivity contribution in [2.75, 3.05) is 0 Å². The van der Waals surface area contributed by atoms with Crippen LogP contribution in [0.4, 0.5) is 5.82 Å². The van der Waals surface area contributed by atoms with Gasteiger partial charge in [0.2, 0.25) is 0 Å². The topological polar surface area (TPSA) is 84.1 Å². The van der Waals surface area contributed by atoms with E-state index in [0.29, 0.717) is 22.7 Å². The number of hydrogen-bond acceptors (Lipinski definition) is 3. The van der Waals surface area contributed by atoms with Crippen LogP contribution in [0.25, 0.3) is 0 Å². The number of H-pyrrole nitrogens is 1. The molecular weight excluding hydrogens is 336 g/mol. The Morgan fingerprint density at radius 1 is 1.28 bits per heavy atom. The Morgan fingerprint density at radius 3 is 2.72 bits per heavy atom. The number of nitrogens with two attached hydrogens (primary N) is 1. The molecule has 0 aliphatic heterocycles. The Morgan fingerprint density at radius 2 is 2.04 bits per heavy atom. The predicted molar refractivity (Wildman–Crippen MR) is 99.8 cm³/mol. The second-order valence-corrected chi connectivity index (χ2v) is 6.18. The smallest absolute Gasteiger partial charge is 0.254 e. The van der Waals surface area contributed by atoms with Crippen LogP contribution in [-0.2, 0) is 6.42 Å². The highest BCUT2D eigenvalue weighted by molar-refractivity contribution is 6.30. The number of amides is 1. The standard InChI is InChI=1S/C19H17ClN4O/c1-12-5-7-13(8-6-12)11-22-19-17(18(21)25)16(23-24-19)10-14-3-2-4-15(20)9-14/h2-9,11H,10H2,1H3,(H2,21,25)(H,23,24). The monoisotopic (exact) mass is 352 g/mol. The van der Waals surface area contributed by atoms with Gasteiger partial charge >= 0.3 is 0 Å². The minimum absolute atomic E-state index is 0.283. The molecule has 0 radical (unpaired) electrons. The summed E-state index contributed by atoms with van der Waals surface area (Å²) in [5.74, 6) is -0.285. The number of rotatable bonds is 5. The molecule has 0 aliphatic rings. The molecule has 3 N–H and O–H groups in total. The maximum atomic E-state index is 11.9. The highest BCUT2D eigenvalue weighted by atomic mass is 35.5. The van der Waals surface area contributed by atoms with Gasteiger partial charge in [0.1, 0.15) is 5.56 Å². The molecule has 3 aromatic rings. The number of hydrogen-bond donors (Lipinski definition) is 2. The van der Waals surface area contributed by atoms with E-state index in [1.807, 2.05) is 49.4 Å². The van der Waals surface area contributed by atoms with Gasteiger partial charge in [-0.3, -0.25) is 9.89 Å².